The van der Waals surface area contributed by atoms with Crippen molar-refractivity contribution in [2.24, 2.45) is 0 Å². The van der Waals surface area contributed by atoms with Crippen molar-refractivity contribution in [1.82, 2.24) is 4.37 Å². The highest BCUT2D eigenvalue weighted by Crippen LogP contribution is 2.31. The van der Waals surface area contributed by atoms with E-state index in [2.05, 4.69) is 15.0 Å². The van der Waals surface area contributed by atoms with Crippen LogP contribution in [0.5, 0.6) is 5.75 Å². The zero-order chi connectivity index (χ0) is 16.6. The second-order valence-corrected chi connectivity index (χ2v) is 6.52. The lowest BCUT2D eigenvalue weighted by Gasteiger charge is -2.25. The number of benzene rings is 1. The second-order valence-electron chi connectivity index (χ2n) is 5.55. The molecule has 23 heavy (non-hydrogen) atoms. The zero-order valence-corrected chi connectivity index (χ0v) is 13.9. The fourth-order valence-corrected chi connectivity index (χ4v) is 3.07. The standard InChI is InChI=1S/C16H17N3O3S/c1-8-4-5-12-11(6-8)17-16(21)13(22-12)7-14(20)18-15-9(2)19-23-10(15)3/h4-6,13H,7H2,1-3H3,(H,17,21)(H,18,20). The summed E-state index contributed by atoms with van der Waals surface area (Å²) in [6.07, 6.45) is -0.883. The van der Waals surface area contributed by atoms with Gasteiger partial charge in [0.05, 0.1) is 23.5 Å². The van der Waals surface area contributed by atoms with Gasteiger partial charge in [0.25, 0.3) is 5.91 Å². The van der Waals surface area contributed by atoms with E-state index < -0.39 is 6.10 Å². The number of carbonyl (C=O) groups excluding carboxylic acids is 2. The summed E-state index contributed by atoms with van der Waals surface area (Å²) in [5.41, 5.74) is 3.16. The van der Waals surface area contributed by atoms with E-state index in [1.54, 1.807) is 6.07 Å². The summed E-state index contributed by atoms with van der Waals surface area (Å²) in [5.74, 6) is -0.000176. The maximum absolute atomic E-state index is 12.2. The Bertz CT molecular complexity index is 765. The smallest absolute Gasteiger partial charge is 0.266 e. The van der Waals surface area contributed by atoms with E-state index in [4.69, 9.17) is 4.74 Å². The third-order valence-electron chi connectivity index (χ3n) is 3.62. The minimum Gasteiger partial charge on any atom is -0.478 e. The maximum atomic E-state index is 12.2. The van der Waals surface area contributed by atoms with Crippen molar-refractivity contribution < 1.29 is 14.3 Å². The number of hydrogen-bond donors (Lipinski definition) is 2. The maximum Gasteiger partial charge on any atom is 0.266 e. The second kappa shape index (κ2) is 6.00. The molecular weight excluding hydrogens is 314 g/mol. The first-order chi connectivity index (χ1) is 10.9. The van der Waals surface area contributed by atoms with Gasteiger partial charge in [0.2, 0.25) is 5.91 Å². The van der Waals surface area contributed by atoms with E-state index in [-0.39, 0.29) is 18.2 Å². The van der Waals surface area contributed by atoms with Crippen LogP contribution in [-0.4, -0.2) is 22.3 Å². The van der Waals surface area contributed by atoms with Crippen LogP contribution < -0.4 is 15.4 Å². The monoisotopic (exact) mass is 331 g/mol. The lowest BCUT2D eigenvalue weighted by atomic mass is 10.1. The molecule has 0 fully saturated rings. The first-order valence-corrected chi connectivity index (χ1v) is 8.02. The Kier molecular flexibility index (Phi) is 4.04. The number of hydrogen-bond acceptors (Lipinski definition) is 5. The summed E-state index contributed by atoms with van der Waals surface area (Å²) in [5, 5.41) is 5.59. The molecular formula is C16H17N3O3S. The summed E-state index contributed by atoms with van der Waals surface area (Å²) in [6.45, 7) is 5.66. The topological polar surface area (TPSA) is 80.3 Å². The molecule has 2 amide bonds. The first-order valence-electron chi connectivity index (χ1n) is 7.25. The van der Waals surface area contributed by atoms with Gasteiger partial charge in [0.1, 0.15) is 5.75 Å². The van der Waals surface area contributed by atoms with Gasteiger partial charge in [-0.3, -0.25) is 9.59 Å². The molecule has 7 heteroatoms. The number of ether oxygens (including phenoxy) is 1. The predicted molar refractivity (Wildman–Crippen MR) is 89.1 cm³/mol. The molecule has 2 heterocycles. The Balaban J connectivity index is 1.70. The van der Waals surface area contributed by atoms with Gasteiger partial charge in [-0.25, -0.2) is 0 Å². The molecule has 1 aliphatic heterocycles. The number of nitrogens with zero attached hydrogens (tertiary/aromatic N) is 1. The van der Waals surface area contributed by atoms with Crippen LogP contribution in [-0.2, 0) is 9.59 Å². The van der Waals surface area contributed by atoms with Crippen molar-refractivity contribution in [3.05, 3.63) is 34.3 Å². The average Bonchev–Trinajstić information content (AvgIpc) is 2.80. The highest BCUT2D eigenvalue weighted by Gasteiger charge is 2.30. The van der Waals surface area contributed by atoms with Gasteiger partial charge < -0.3 is 15.4 Å². The van der Waals surface area contributed by atoms with Crippen molar-refractivity contribution in [2.45, 2.75) is 33.3 Å². The van der Waals surface area contributed by atoms with Crippen molar-refractivity contribution >= 4 is 34.7 Å². The Hall–Kier alpha value is -2.41. The molecule has 2 N–H and O–H groups in total. The van der Waals surface area contributed by atoms with Crippen LogP contribution >= 0.6 is 11.5 Å². The van der Waals surface area contributed by atoms with E-state index in [1.807, 2.05) is 32.9 Å². The van der Waals surface area contributed by atoms with E-state index >= 15 is 0 Å². The summed E-state index contributed by atoms with van der Waals surface area (Å²) in [4.78, 5) is 25.3. The minimum atomic E-state index is -0.836. The van der Waals surface area contributed by atoms with Gasteiger partial charge in [0.15, 0.2) is 6.10 Å². The predicted octanol–water partition coefficient (Wildman–Crippen LogP) is 2.80. The normalized spacial score (nSPS) is 16.3. The molecule has 1 aliphatic rings. The fraction of sp³-hybridized carbons (Fsp3) is 0.312. The van der Waals surface area contributed by atoms with E-state index in [9.17, 15) is 9.59 Å². The van der Waals surface area contributed by atoms with E-state index in [1.165, 1.54) is 11.5 Å². The van der Waals surface area contributed by atoms with Gasteiger partial charge in [-0.05, 0) is 50.0 Å². The summed E-state index contributed by atoms with van der Waals surface area (Å²) < 4.78 is 9.85. The molecule has 1 aromatic carbocycles. The Morgan fingerprint density at radius 2 is 2.17 bits per heavy atom. The summed E-state index contributed by atoms with van der Waals surface area (Å²) in [7, 11) is 0. The van der Waals surface area contributed by atoms with Gasteiger partial charge in [-0.2, -0.15) is 4.37 Å². The quantitative estimate of drug-likeness (QED) is 0.906. The van der Waals surface area contributed by atoms with Crippen molar-refractivity contribution in [3.63, 3.8) is 0 Å². The highest BCUT2D eigenvalue weighted by atomic mass is 32.1. The molecule has 1 unspecified atom stereocenters. The van der Waals surface area contributed by atoms with Crippen LogP contribution in [0.4, 0.5) is 11.4 Å². The lowest BCUT2D eigenvalue weighted by molar-refractivity contribution is -0.128. The fourth-order valence-electron chi connectivity index (χ4n) is 2.42. The van der Waals surface area contributed by atoms with Gasteiger partial charge in [-0.15, -0.1) is 0 Å². The van der Waals surface area contributed by atoms with Gasteiger partial charge in [0, 0.05) is 4.88 Å². The van der Waals surface area contributed by atoms with Crippen molar-refractivity contribution in [3.8, 4) is 5.75 Å². The molecule has 0 saturated heterocycles. The Morgan fingerprint density at radius 1 is 1.39 bits per heavy atom. The molecule has 0 radical (unpaired) electrons. The molecule has 0 spiro atoms. The Morgan fingerprint density at radius 3 is 2.87 bits per heavy atom. The minimum absolute atomic E-state index is 0.0477. The van der Waals surface area contributed by atoms with Crippen LogP contribution in [0.1, 0.15) is 22.6 Å². The Labute approximate surface area is 138 Å². The third kappa shape index (κ3) is 3.19. The molecule has 120 valence electrons. The summed E-state index contributed by atoms with van der Waals surface area (Å²) in [6, 6.07) is 5.54. The van der Waals surface area contributed by atoms with Crippen LogP contribution in [0.3, 0.4) is 0 Å². The number of aryl methyl sites for hydroxylation is 3. The number of nitrogens with one attached hydrogen (secondary N) is 2. The number of amides is 2. The molecule has 6 nitrogen and oxygen atoms in total. The molecule has 1 aromatic heterocycles. The number of rotatable bonds is 3. The van der Waals surface area contributed by atoms with Crippen LogP contribution in [0.15, 0.2) is 18.2 Å². The first kappa shape index (κ1) is 15.5. The van der Waals surface area contributed by atoms with Crippen LogP contribution in [0.25, 0.3) is 0 Å². The van der Waals surface area contributed by atoms with E-state index in [0.717, 1.165) is 16.1 Å². The molecule has 2 aromatic rings. The molecule has 3 rings (SSSR count). The number of carbonyl (C=O) groups is 2. The van der Waals surface area contributed by atoms with Crippen LogP contribution in [0, 0.1) is 20.8 Å². The number of aromatic nitrogens is 1. The van der Waals surface area contributed by atoms with E-state index in [0.29, 0.717) is 17.1 Å². The third-order valence-corrected chi connectivity index (χ3v) is 4.47. The van der Waals surface area contributed by atoms with Gasteiger partial charge in [-0.1, -0.05) is 6.07 Å². The van der Waals surface area contributed by atoms with Crippen molar-refractivity contribution in [1.29, 1.82) is 0 Å². The SMILES string of the molecule is Cc1ccc2c(c1)NC(=O)C(CC(=O)Nc1c(C)nsc1C)O2. The zero-order valence-electron chi connectivity index (χ0n) is 13.1. The lowest BCUT2D eigenvalue weighted by Crippen LogP contribution is -2.39. The highest BCUT2D eigenvalue weighted by molar-refractivity contribution is 7.06. The van der Waals surface area contributed by atoms with Crippen molar-refractivity contribution in [2.75, 3.05) is 10.6 Å². The molecule has 0 aliphatic carbocycles. The summed E-state index contributed by atoms with van der Waals surface area (Å²) >= 11 is 1.34. The number of fused-ring (bicyclic) bond motifs is 1. The average molecular weight is 331 g/mol. The van der Waals surface area contributed by atoms with Gasteiger partial charge >= 0.3 is 0 Å². The largest absolute Gasteiger partial charge is 0.478 e. The molecule has 1 atom stereocenters. The van der Waals surface area contributed by atoms with Crippen LogP contribution in [0.2, 0.25) is 0 Å². The molecule has 0 saturated carbocycles. The number of anilines is 2. The molecule has 0 bridgehead atoms.